The first-order chi connectivity index (χ1) is 9.15. The zero-order valence-corrected chi connectivity index (χ0v) is 10.0. The second-order valence-electron chi connectivity index (χ2n) is 4.20. The van der Waals surface area contributed by atoms with Crippen LogP contribution in [0.1, 0.15) is 11.4 Å². The molecule has 0 amide bonds. The predicted molar refractivity (Wildman–Crippen MR) is 66.8 cm³/mol. The maximum atomic E-state index is 12.3. The van der Waals surface area contributed by atoms with Gasteiger partial charge >= 0.3 is 5.69 Å². The number of fused-ring (bicyclic) bond motifs is 1. The molecular weight excluding hydrogens is 248 g/mol. The molecule has 0 aliphatic rings. The third kappa shape index (κ3) is 1.92. The van der Waals surface area contributed by atoms with E-state index in [1.165, 1.54) is 0 Å². The van der Waals surface area contributed by atoms with E-state index in [1.807, 2.05) is 13.0 Å². The molecule has 8 nitrogen and oxygen atoms in total. The zero-order chi connectivity index (χ0) is 13.4. The van der Waals surface area contributed by atoms with E-state index >= 15 is 0 Å². The molecule has 8 heteroatoms. The van der Waals surface area contributed by atoms with E-state index < -0.39 is 5.69 Å². The van der Waals surface area contributed by atoms with Crippen LogP contribution in [-0.2, 0) is 6.54 Å². The van der Waals surface area contributed by atoms with Gasteiger partial charge in [-0.3, -0.25) is 9.36 Å². The molecule has 0 unspecified atom stereocenters. The standard InChI is InChI=1S/C11H10N6O2/c1-6-2-3-8-7(4-6)10(18)17(11(19)12-8)5-9-13-15-16-14-9/h2-4H,5H2,1H3,(H,12,19)(H,13,14,15,16). The summed E-state index contributed by atoms with van der Waals surface area (Å²) < 4.78 is 1.05. The lowest BCUT2D eigenvalue weighted by molar-refractivity contribution is 0.678. The molecule has 0 saturated heterocycles. The zero-order valence-electron chi connectivity index (χ0n) is 10.0. The second kappa shape index (κ2) is 4.16. The third-order valence-corrected chi connectivity index (χ3v) is 2.83. The van der Waals surface area contributed by atoms with Crippen molar-refractivity contribution in [2.45, 2.75) is 13.5 Å². The Labute approximate surface area is 106 Å². The predicted octanol–water partition coefficient (Wildman–Crippen LogP) is -0.440. The Morgan fingerprint density at radius 3 is 2.89 bits per heavy atom. The fourth-order valence-electron chi connectivity index (χ4n) is 1.90. The molecule has 3 aromatic rings. The number of hydrogen-bond acceptors (Lipinski definition) is 5. The van der Waals surface area contributed by atoms with Gasteiger partial charge < -0.3 is 4.98 Å². The van der Waals surface area contributed by atoms with E-state index in [-0.39, 0.29) is 17.9 Å². The lowest BCUT2D eigenvalue weighted by Gasteiger charge is -2.04. The normalized spacial score (nSPS) is 11.0. The summed E-state index contributed by atoms with van der Waals surface area (Å²) in [6.07, 6.45) is 0. The van der Waals surface area contributed by atoms with Crippen molar-refractivity contribution >= 4 is 10.9 Å². The van der Waals surface area contributed by atoms with Crippen molar-refractivity contribution in [3.8, 4) is 0 Å². The fraction of sp³-hybridized carbons (Fsp3) is 0.182. The molecule has 0 fully saturated rings. The summed E-state index contributed by atoms with van der Waals surface area (Å²) in [6, 6.07) is 5.29. The molecule has 19 heavy (non-hydrogen) atoms. The maximum Gasteiger partial charge on any atom is 0.329 e. The number of benzene rings is 1. The number of aromatic amines is 2. The van der Waals surface area contributed by atoms with Gasteiger partial charge in [-0.15, -0.1) is 10.2 Å². The summed E-state index contributed by atoms with van der Waals surface area (Å²) in [6.45, 7) is 1.86. The number of tetrazole rings is 1. The Morgan fingerprint density at radius 2 is 2.16 bits per heavy atom. The molecule has 0 radical (unpaired) electrons. The van der Waals surface area contributed by atoms with E-state index in [4.69, 9.17) is 0 Å². The Morgan fingerprint density at radius 1 is 1.32 bits per heavy atom. The third-order valence-electron chi connectivity index (χ3n) is 2.83. The SMILES string of the molecule is Cc1ccc2[nH]c(=O)n(Cc3nn[nH]n3)c(=O)c2c1. The van der Waals surface area contributed by atoms with Crippen LogP contribution in [0.5, 0.6) is 0 Å². The minimum atomic E-state index is -0.494. The number of aromatic nitrogens is 6. The highest BCUT2D eigenvalue weighted by molar-refractivity contribution is 5.77. The molecule has 0 aliphatic carbocycles. The highest BCUT2D eigenvalue weighted by Gasteiger charge is 2.10. The summed E-state index contributed by atoms with van der Waals surface area (Å²) in [5.41, 5.74) is 0.603. The summed E-state index contributed by atoms with van der Waals surface area (Å²) >= 11 is 0. The van der Waals surface area contributed by atoms with Crippen LogP contribution in [0.4, 0.5) is 0 Å². The van der Waals surface area contributed by atoms with E-state index in [1.54, 1.807) is 12.1 Å². The van der Waals surface area contributed by atoms with Gasteiger partial charge in [-0.1, -0.05) is 16.8 Å². The van der Waals surface area contributed by atoms with Gasteiger partial charge in [-0.05, 0) is 19.1 Å². The summed E-state index contributed by atoms with van der Waals surface area (Å²) in [5, 5.41) is 13.6. The van der Waals surface area contributed by atoms with Crippen molar-refractivity contribution in [2.24, 2.45) is 0 Å². The fourth-order valence-corrected chi connectivity index (χ4v) is 1.90. The van der Waals surface area contributed by atoms with Crippen molar-refractivity contribution in [3.63, 3.8) is 0 Å². The second-order valence-corrected chi connectivity index (χ2v) is 4.20. The number of hydrogen-bond donors (Lipinski definition) is 2. The number of aryl methyl sites for hydroxylation is 1. The van der Waals surface area contributed by atoms with E-state index in [2.05, 4.69) is 25.6 Å². The lowest BCUT2D eigenvalue weighted by atomic mass is 10.2. The minimum absolute atomic E-state index is 0.0193. The van der Waals surface area contributed by atoms with Crippen molar-refractivity contribution in [2.75, 3.05) is 0 Å². The first kappa shape index (κ1) is 11.3. The average Bonchev–Trinajstić information content (AvgIpc) is 2.89. The Balaban J connectivity index is 2.25. The molecule has 96 valence electrons. The molecule has 0 atom stereocenters. The molecular formula is C11H10N6O2. The molecule has 0 saturated carbocycles. The quantitative estimate of drug-likeness (QED) is 0.647. The molecule has 2 aromatic heterocycles. The van der Waals surface area contributed by atoms with E-state index in [0.717, 1.165) is 10.1 Å². The first-order valence-electron chi connectivity index (χ1n) is 5.61. The molecule has 1 aromatic carbocycles. The van der Waals surface area contributed by atoms with Gasteiger partial charge in [0.15, 0.2) is 5.82 Å². The van der Waals surface area contributed by atoms with Gasteiger partial charge in [0.2, 0.25) is 0 Å². The highest BCUT2D eigenvalue weighted by Crippen LogP contribution is 2.07. The minimum Gasteiger partial charge on any atom is -0.307 e. The van der Waals surface area contributed by atoms with Gasteiger partial charge in [0.25, 0.3) is 5.56 Å². The van der Waals surface area contributed by atoms with E-state index in [0.29, 0.717) is 10.9 Å². The Hall–Kier alpha value is -2.77. The number of nitrogens with one attached hydrogen (secondary N) is 2. The van der Waals surface area contributed by atoms with Crippen LogP contribution >= 0.6 is 0 Å². The van der Waals surface area contributed by atoms with E-state index in [9.17, 15) is 9.59 Å². The van der Waals surface area contributed by atoms with Crippen LogP contribution in [0.25, 0.3) is 10.9 Å². The Kier molecular flexibility index (Phi) is 2.48. The number of rotatable bonds is 2. The molecule has 0 bridgehead atoms. The van der Waals surface area contributed by atoms with Crippen molar-refractivity contribution < 1.29 is 0 Å². The molecule has 0 aliphatic heterocycles. The van der Waals surface area contributed by atoms with Crippen molar-refractivity contribution in [3.05, 3.63) is 50.4 Å². The van der Waals surface area contributed by atoms with Gasteiger partial charge in [-0.25, -0.2) is 4.79 Å². The van der Waals surface area contributed by atoms with Gasteiger partial charge in [-0.2, -0.15) is 5.21 Å². The summed E-state index contributed by atoms with van der Waals surface area (Å²) in [4.78, 5) is 26.8. The summed E-state index contributed by atoms with van der Waals surface area (Å²) in [7, 11) is 0. The topological polar surface area (TPSA) is 109 Å². The smallest absolute Gasteiger partial charge is 0.307 e. The van der Waals surface area contributed by atoms with Crippen LogP contribution in [0, 0.1) is 6.92 Å². The van der Waals surface area contributed by atoms with Gasteiger partial charge in [0.05, 0.1) is 17.4 Å². The number of nitrogens with zero attached hydrogens (tertiary/aromatic N) is 4. The molecule has 2 heterocycles. The van der Waals surface area contributed by atoms with Crippen LogP contribution < -0.4 is 11.2 Å². The van der Waals surface area contributed by atoms with Crippen molar-refractivity contribution in [1.29, 1.82) is 0 Å². The van der Waals surface area contributed by atoms with Crippen LogP contribution in [0.15, 0.2) is 27.8 Å². The monoisotopic (exact) mass is 258 g/mol. The Bertz CT molecular complexity index is 846. The van der Waals surface area contributed by atoms with Gasteiger partial charge in [0.1, 0.15) is 0 Å². The molecule has 2 N–H and O–H groups in total. The lowest BCUT2D eigenvalue weighted by Crippen LogP contribution is -2.35. The van der Waals surface area contributed by atoms with Crippen LogP contribution in [0.3, 0.4) is 0 Å². The van der Waals surface area contributed by atoms with Crippen LogP contribution in [-0.4, -0.2) is 30.2 Å². The largest absolute Gasteiger partial charge is 0.329 e. The maximum absolute atomic E-state index is 12.3. The molecule has 0 spiro atoms. The van der Waals surface area contributed by atoms with Crippen molar-refractivity contribution in [1.82, 2.24) is 30.2 Å². The van der Waals surface area contributed by atoms with Crippen LogP contribution in [0.2, 0.25) is 0 Å². The average molecular weight is 258 g/mol. The van der Waals surface area contributed by atoms with Gasteiger partial charge in [0, 0.05) is 0 Å². The highest BCUT2D eigenvalue weighted by atomic mass is 16.2. The first-order valence-corrected chi connectivity index (χ1v) is 5.61. The number of H-pyrrole nitrogens is 2. The summed E-state index contributed by atoms with van der Waals surface area (Å²) in [5.74, 6) is 0.277. The molecule has 3 rings (SSSR count).